The molecular formula is C10H13FO2. The summed E-state index contributed by atoms with van der Waals surface area (Å²) in [6.45, 7) is 1.82. The van der Waals surface area contributed by atoms with E-state index in [1.807, 2.05) is 0 Å². The Morgan fingerprint density at radius 3 is 2.38 bits per heavy atom. The van der Waals surface area contributed by atoms with Gasteiger partial charge in [-0.05, 0) is 24.6 Å². The normalized spacial score (nSPS) is 15.4. The lowest BCUT2D eigenvalue weighted by Crippen LogP contribution is -2.26. The lowest BCUT2D eigenvalue weighted by atomic mass is 9.97. The van der Waals surface area contributed by atoms with Gasteiger partial charge in [0.25, 0.3) is 0 Å². The quantitative estimate of drug-likeness (QED) is 0.774. The van der Waals surface area contributed by atoms with Gasteiger partial charge in [-0.2, -0.15) is 0 Å². The SMILES string of the molecule is COCC(C)(O)c1ccc(F)cc1. The summed E-state index contributed by atoms with van der Waals surface area (Å²) >= 11 is 0. The van der Waals surface area contributed by atoms with Crippen LogP contribution in [0.4, 0.5) is 4.39 Å². The summed E-state index contributed by atoms with van der Waals surface area (Å²) in [4.78, 5) is 0. The number of aliphatic hydroxyl groups is 1. The first-order valence-corrected chi connectivity index (χ1v) is 4.03. The molecule has 3 heteroatoms. The summed E-state index contributed by atoms with van der Waals surface area (Å²) in [7, 11) is 1.51. The Morgan fingerprint density at radius 2 is 1.92 bits per heavy atom. The van der Waals surface area contributed by atoms with Gasteiger partial charge in [0.1, 0.15) is 11.4 Å². The number of rotatable bonds is 3. The lowest BCUT2D eigenvalue weighted by Gasteiger charge is -2.22. The molecule has 0 saturated heterocycles. The van der Waals surface area contributed by atoms with E-state index >= 15 is 0 Å². The molecule has 0 spiro atoms. The van der Waals surface area contributed by atoms with Crippen LogP contribution in [0.1, 0.15) is 12.5 Å². The van der Waals surface area contributed by atoms with Crippen molar-refractivity contribution in [3.05, 3.63) is 35.6 Å². The van der Waals surface area contributed by atoms with E-state index in [9.17, 15) is 9.50 Å². The van der Waals surface area contributed by atoms with Gasteiger partial charge in [-0.25, -0.2) is 4.39 Å². The van der Waals surface area contributed by atoms with Crippen LogP contribution in [-0.2, 0) is 10.3 Å². The molecule has 1 atom stereocenters. The van der Waals surface area contributed by atoms with Gasteiger partial charge in [-0.3, -0.25) is 0 Å². The van der Waals surface area contributed by atoms with Crippen molar-refractivity contribution >= 4 is 0 Å². The fraction of sp³-hybridized carbons (Fsp3) is 0.400. The average molecular weight is 184 g/mol. The molecular weight excluding hydrogens is 171 g/mol. The molecule has 1 rings (SSSR count). The molecule has 0 heterocycles. The van der Waals surface area contributed by atoms with Gasteiger partial charge in [0.15, 0.2) is 0 Å². The Hall–Kier alpha value is -0.930. The first kappa shape index (κ1) is 10.2. The Bertz CT molecular complexity index is 267. The lowest BCUT2D eigenvalue weighted by molar-refractivity contribution is -0.0208. The Labute approximate surface area is 77.0 Å². The van der Waals surface area contributed by atoms with Gasteiger partial charge in [0.05, 0.1) is 6.61 Å². The van der Waals surface area contributed by atoms with Crippen LogP contribution in [0.3, 0.4) is 0 Å². The van der Waals surface area contributed by atoms with Gasteiger partial charge in [0, 0.05) is 7.11 Å². The number of halogens is 1. The molecule has 1 N–H and O–H groups in total. The molecule has 0 saturated carbocycles. The van der Waals surface area contributed by atoms with Crippen molar-refractivity contribution in [2.24, 2.45) is 0 Å². The predicted octanol–water partition coefficient (Wildman–Crippen LogP) is 1.68. The zero-order chi connectivity index (χ0) is 9.90. The maximum Gasteiger partial charge on any atom is 0.123 e. The molecule has 0 aliphatic carbocycles. The fourth-order valence-electron chi connectivity index (χ4n) is 1.17. The van der Waals surface area contributed by atoms with Crippen LogP contribution >= 0.6 is 0 Å². The van der Waals surface area contributed by atoms with E-state index < -0.39 is 5.60 Å². The third kappa shape index (κ3) is 2.50. The first-order chi connectivity index (χ1) is 6.06. The van der Waals surface area contributed by atoms with Crippen molar-refractivity contribution in [3.8, 4) is 0 Å². The zero-order valence-corrected chi connectivity index (χ0v) is 7.75. The molecule has 1 aromatic carbocycles. The summed E-state index contributed by atoms with van der Waals surface area (Å²) in [5.74, 6) is -0.308. The second-order valence-electron chi connectivity index (χ2n) is 3.21. The fourth-order valence-corrected chi connectivity index (χ4v) is 1.17. The minimum absolute atomic E-state index is 0.193. The van der Waals surface area contributed by atoms with Crippen LogP contribution in [-0.4, -0.2) is 18.8 Å². The van der Waals surface area contributed by atoms with Crippen LogP contribution in [0.2, 0.25) is 0 Å². The standard InChI is InChI=1S/C10H13FO2/c1-10(12,7-13-2)8-3-5-9(11)6-4-8/h3-6,12H,7H2,1-2H3. The Morgan fingerprint density at radius 1 is 1.38 bits per heavy atom. The van der Waals surface area contributed by atoms with Crippen molar-refractivity contribution in [1.82, 2.24) is 0 Å². The number of hydrogen-bond acceptors (Lipinski definition) is 2. The smallest absolute Gasteiger partial charge is 0.123 e. The van der Waals surface area contributed by atoms with Crippen LogP contribution in [0, 0.1) is 5.82 Å². The molecule has 0 bridgehead atoms. The van der Waals surface area contributed by atoms with Gasteiger partial charge in [-0.15, -0.1) is 0 Å². The van der Waals surface area contributed by atoms with E-state index in [0.717, 1.165) is 0 Å². The summed E-state index contributed by atoms with van der Waals surface area (Å²) in [5.41, 5.74) is -0.404. The van der Waals surface area contributed by atoms with Gasteiger partial charge in [-0.1, -0.05) is 12.1 Å². The van der Waals surface area contributed by atoms with E-state index in [1.54, 1.807) is 19.1 Å². The molecule has 0 aromatic heterocycles. The highest BCUT2D eigenvalue weighted by molar-refractivity contribution is 5.22. The molecule has 1 aromatic rings. The monoisotopic (exact) mass is 184 g/mol. The molecule has 2 nitrogen and oxygen atoms in total. The highest BCUT2D eigenvalue weighted by Gasteiger charge is 2.22. The number of methoxy groups -OCH3 is 1. The van der Waals surface area contributed by atoms with E-state index in [1.165, 1.54) is 19.2 Å². The number of ether oxygens (including phenoxy) is 1. The summed E-state index contributed by atoms with van der Waals surface area (Å²) < 4.78 is 17.4. The minimum Gasteiger partial charge on any atom is -0.383 e. The van der Waals surface area contributed by atoms with Crippen molar-refractivity contribution in [2.75, 3.05) is 13.7 Å². The minimum atomic E-state index is -1.05. The van der Waals surface area contributed by atoms with Crippen molar-refractivity contribution in [3.63, 3.8) is 0 Å². The van der Waals surface area contributed by atoms with Crippen molar-refractivity contribution in [1.29, 1.82) is 0 Å². The maximum atomic E-state index is 12.5. The Balaban J connectivity index is 2.87. The van der Waals surface area contributed by atoms with Crippen molar-refractivity contribution < 1.29 is 14.2 Å². The zero-order valence-electron chi connectivity index (χ0n) is 7.75. The molecule has 13 heavy (non-hydrogen) atoms. The third-order valence-corrected chi connectivity index (χ3v) is 1.89. The molecule has 0 amide bonds. The van der Waals surface area contributed by atoms with Crippen LogP contribution in [0.25, 0.3) is 0 Å². The molecule has 0 aliphatic rings. The van der Waals surface area contributed by atoms with E-state index in [0.29, 0.717) is 5.56 Å². The van der Waals surface area contributed by atoms with Crippen LogP contribution in [0.15, 0.2) is 24.3 Å². The van der Waals surface area contributed by atoms with Crippen molar-refractivity contribution in [2.45, 2.75) is 12.5 Å². The number of hydrogen-bond donors (Lipinski definition) is 1. The first-order valence-electron chi connectivity index (χ1n) is 4.03. The molecule has 0 radical (unpaired) electrons. The van der Waals surface area contributed by atoms with E-state index in [2.05, 4.69) is 0 Å². The topological polar surface area (TPSA) is 29.5 Å². The molecule has 0 aliphatic heterocycles. The average Bonchev–Trinajstić information content (AvgIpc) is 2.05. The second-order valence-corrected chi connectivity index (χ2v) is 3.21. The van der Waals surface area contributed by atoms with Crippen LogP contribution < -0.4 is 0 Å². The van der Waals surface area contributed by atoms with Gasteiger partial charge >= 0.3 is 0 Å². The predicted molar refractivity (Wildman–Crippen MR) is 47.8 cm³/mol. The Kier molecular flexibility index (Phi) is 3.01. The highest BCUT2D eigenvalue weighted by Crippen LogP contribution is 2.20. The van der Waals surface area contributed by atoms with E-state index in [4.69, 9.17) is 4.74 Å². The largest absolute Gasteiger partial charge is 0.383 e. The number of benzene rings is 1. The summed E-state index contributed by atoms with van der Waals surface area (Å²) in [6.07, 6.45) is 0. The maximum absolute atomic E-state index is 12.5. The molecule has 72 valence electrons. The van der Waals surface area contributed by atoms with Crippen LogP contribution in [0.5, 0.6) is 0 Å². The molecule has 1 unspecified atom stereocenters. The van der Waals surface area contributed by atoms with E-state index in [-0.39, 0.29) is 12.4 Å². The van der Waals surface area contributed by atoms with Gasteiger partial charge < -0.3 is 9.84 Å². The third-order valence-electron chi connectivity index (χ3n) is 1.89. The second kappa shape index (κ2) is 3.85. The van der Waals surface area contributed by atoms with Gasteiger partial charge in [0.2, 0.25) is 0 Å². The summed E-state index contributed by atoms with van der Waals surface area (Å²) in [5, 5.41) is 9.83. The summed E-state index contributed by atoms with van der Waals surface area (Å²) in [6, 6.07) is 5.74. The molecule has 0 fully saturated rings. The highest BCUT2D eigenvalue weighted by atomic mass is 19.1.